The average molecular weight is 345 g/mol. The topological polar surface area (TPSA) is 97.6 Å². The summed E-state index contributed by atoms with van der Waals surface area (Å²) >= 11 is 1.29. The summed E-state index contributed by atoms with van der Waals surface area (Å²) in [7, 11) is 0. The summed E-state index contributed by atoms with van der Waals surface area (Å²) < 4.78 is 2.03. The molecule has 0 radical (unpaired) electrons. The second kappa shape index (κ2) is 8.69. The summed E-state index contributed by atoms with van der Waals surface area (Å²) in [6, 6.07) is 1.89. The highest BCUT2D eigenvalue weighted by Crippen LogP contribution is 2.33. The molecule has 1 heterocycles. The van der Waals surface area contributed by atoms with Crippen molar-refractivity contribution in [2.75, 3.05) is 5.75 Å². The molecule has 1 aromatic heterocycles. The lowest BCUT2D eigenvalue weighted by Crippen LogP contribution is -2.21. The molecule has 0 unspecified atom stereocenters. The van der Waals surface area contributed by atoms with Crippen LogP contribution in [0, 0.1) is 17.2 Å². The van der Waals surface area contributed by atoms with Gasteiger partial charge in [0.1, 0.15) is 11.7 Å². The number of thioether (sulfide) groups is 1. The van der Waals surface area contributed by atoms with E-state index in [2.05, 4.69) is 23.4 Å². The SMILES string of the molecule is C=CCn1c(SCC(=O)[C@@H](C#N)C(=C)N)nnc1C1CCCCC1. The van der Waals surface area contributed by atoms with Gasteiger partial charge in [-0.15, -0.1) is 16.8 Å². The van der Waals surface area contributed by atoms with Crippen molar-refractivity contribution in [1.29, 1.82) is 5.26 Å². The quantitative estimate of drug-likeness (QED) is 0.575. The second-order valence-corrected chi connectivity index (χ2v) is 6.91. The molecule has 0 spiro atoms. The van der Waals surface area contributed by atoms with Gasteiger partial charge in [-0.05, 0) is 12.8 Å². The Bertz CT molecular complexity index is 654. The van der Waals surface area contributed by atoms with Gasteiger partial charge in [0.05, 0.1) is 11.8 Å². The Hall–Kier alpha value is -2.07. The van der Waals surface area contributed by atoms with Gasteiger partial charge in [-0.2, -0.15) is 5.26 Å². The van der Waals surface area contributed by atoms with Crippen LogP contribution in [0.3, 0.4) is 0 Å². The Morgan fingerprint density at radius 2 is 2.17 bits per heavy atom. The number of carbonyl (C=O) groups is 1. The van der Waals surface area contributed by atoms with E-state index in [9.17, 15) is 4.79 Å². The average Bonchev–Trinajstić information content (AvgIpc) is 2.97. The fourth-order valence-corrected chi connectivity index (χ4v) is 3.81. The van der Waals surface area contributed by atoms with Crippen LogP contribution >= 0.6 is 11.8 Å². The van der Waals surface area contributed by atoms with Gasteiger partial charge in [0.25, 0.3) is 0 Å². The largest absolute Gasteiger partial charge is 0.401 e. The summed E-state index contributed by atoms with van der Waals surface area (Å²) in [5.74, 6) is 0.291. The molecule has 24 heavy (non-hydrogen) atoms. The first-order valence-corrected chi connectivity index (χ1v) is 9.10. The molecule has 6 nitrogen and oxygen atoms in total. The Kier molecular flexibility index (Phi) is 6.62. The van der Waals surface area contributed by atoms with E-state index in [1.165, 1.54) is 31.0 Å². The number of nitrogens with zero attached hydrogens (tertiary/aromatic N) is 4. The molecular formula is C17H23N5OS. The summed E-state index contributed by atoms with van der Waals surface area (Å²) in [4.78, 5) is 12.1. The Balaban J connectivity index is 2.11. The molecule has 1 aliphatic carbocycles. The van der Waals surface area contributed by atoms with Crippen molar-refractivity contribution in [2.24, 2.45) is 11.7 Å². The van der Waals surface area contributed by atoms with E-state index in [4.69, 9.17) is 11.0 Å². The van der Waals surface area contributed by atoms with Crippen LogP contribution < -0.4 is 5.73 Å². The van der Waals surface area contributed by atoms with E-state index in [0.29, 0.717) is 17.6 Å². The molecule has 1 aliphatic rings. The summed E-state index contributed by atoms with van der Waals surface area (Å²) in [6.45, 7) is 7.90. The third kappa shape index (κ3) is 4.26. The summed E-state index contributed by atoms with van der Waals surface area (Å²) in [5.41, 5.74) is 5.58. The van der Waals surface area contributed by atoms with Gasteiger partial charge >= 0.3 is 0 Å². The molecule has 1 aromatic rings. The number of rotatable bonds is 8. The number of ketones is 1. The molecule has 0 aliphatic heterocycles. The van der Waals surface area contributed by atoms with Crippen molar-refractivity contribution >= 4 is 17.5 Å². The van der Waals surface area contributed by atoms with Crippen molar-refractivity contribution in [3.63, 3.8) is 0 Å². The number of nitrogens with two attached hydrogens (primary N) is 1. The van der Waals surface area contributed by atoms with Gasteiger partial charge in [0.2, 0.25) is 0 Å². The lowest BCUT2D eigenvalue weighted by atomic mass is 9.89. The van der Waals surface area contributed by atoms with E-state index in [1.54, 1.807) is 6.08 Å². The molecule has 1 atom stereocenters. The van der Waals surface area contributed by atoms with Crippen molar-refractivity contribution in [3.8, 4) is 6.07 Å². The third-order valence-corrected chi connectivity index (χ3v) is 5.18. The maximum Gasteiger partial charge on any atom is 0.191 e. The molecule has 0 saturated heterocycles. The van der Waals surface area contributed by atoms with Gasteiger partial charge in [-0.25, -0.2) is 0 Å². The summed E-state index contributed by atoms with van der Waals surface area (Å²) in [5, 5.41) is 18.3. The summed E-state index contributed by atoms with van der Waals surface area (Å²) in [6.07, 6.45) is 7.77. The number of hydrogen-bond acceptors (Lipinski definition) is 6. The minimum absolute atomic E-state index is 0.0820. The molecule has 0 bridgehead atoms. The molecule has 0 aromatic carbocycles. The van der Waals surface area contributed by atoms with Crippen LogP contribution in [0.25, 0.3) is 0 Å². The fourth-order valence-electron chi connectivity index (χ4n) is 2.95. The molecule has 1 fully saturated rings. The standard InChI is InChI=1S/C17H23N5OS/c1-3-9-22-16(13-7-5-4-6-8-13)20-21-17(22)24-11-15(23)14(10-18)12(2)19/h3,13-14H,1-2,4-9,11,19H2/t14-/m0/s1. The van der Waals surface area contributed by atoms with Gasteiger partial charge in [-0.3, -0.25) is 4.79 Å². The van der Waals surface area contributed by atoms with Crippen LogP contribution in [0.1, 0.15) is 43.8 Å². The molecule has 128 valence electrons. The Morgan fingerprint density at radius 3 is 2.75 bits per heavy atom. The smallest absolute Gasteiger partial charge is 0.191 e. The Labute approximate surface area is 146 Å². The third-order valence-electron chi connectivity index (χ3n) is 4.19. The number of nitriles is 1. The van der Waals surface area contributed by atoms with Crippen LogP contribution in [0.15, 0.2) is 30.1 Å². The first-order chi connectivity index (χ1) is 11.6. The zero-order valence-corrected chi connectivity index (χ0v) is 14.6. The molecule has 1 saturated carbocycles. The molecular weight excluding hydrogens is 322 g/mol. The lowest BCUT2D eigenvalue weighted by Gasteiger charge is -2.21. The first kappa shape index (κ1) is 18.3. The van der Waals surface area contributed by atoms with E-state index in [1.807, 2.05) is 10.6 Å². The number of hydrogen-bond donors (Lipinski definition) is 1. The Morgan fingerprint density at radius 1 is 1.46 bits per heavy atom. The maximum atomic E-state index is 12.1. The minimum atomic E-state index is -0.967. The number of allylic oxidation sites excluding steroid dienone is 2. The zero-order chi connectivity index (χ0) is 17.5. The van der Waals surface area contributed by atoms with Crippen LogP contribution in [0.5, 0.6) is 0 Å². The number of carbonyl (C=O) groups excluding carboxylic acids is 1. The number of aromatic nitrogens is 3. The first-order valence-electron chi connectivity index (χ1n) is 8.11. The van der Waals surface area contributed by atoms with Crippen LogP contribution in [-0.2, 0) is 11.3 Å². The maximum absolute atomic E-state index is 12.1. The van der Waals surface area contributed by atoms with Crippen molar-refractivity contribution in [1.82, 2.24) is 14.8 Å². The van der Waals surface area contributed by atoms with Gasteiger partial charge in [0, 0.05) is 18.2 Å². The highest BCUT2D eigenvalue weighted by atomic mass is 32.2. The van der Waals surface area contributed by atoms with Crippen LogP contribution in [-0.4, -0.2) is 26.3 Å². The monoisotopic (exact) mass is 345 g/mol. The second-order valence-electron chi connectivity index (χ2n) is 5.97. The van der Waals surface area contributed by atoms with Crippen molar-refractivity contribution < 1.29 is 4.79 Å². The zero-order valence-electron chi connectivity index (χ0n) is 13.8. The molecule has 2 rings (SSSR count). The predicted octanol–water partition coefficient (Wildman–Crippen LogP) is 2.79. The molecule has 2 N–H and O–H groups in total. The fraction of sp³-hybridized carbons (Fsp3) is 0.529. The van der Waals surface area contributed by atoms with E-state index in [0.717, 1.165) is 18.7 Å². The number of Topliss-reactive ketones (excluding diaryl/α,β-unsaturated/α-hetero) is 1. The van der Waals surface area contributed by atoms with Gasteiger partial charge in [-0.1, -0.05) is 43.7 Å². The predicted molar refractivity (Wildman–Crippen MR) is 94.2 cm³/mol. The van der Waals surface area contributed by atoms with Crippen molar-refractivity contribution in [2.45, 2.75) is 49.7 Å². The lowest BCUT2D eigenvalue weighted by molar-refractivity contribution is -0.117. The molecule has 7 heteroatoms. The molecule has 0 amide bonds. The van der Waals surface area contributed by atoms with E-state index >= 15 is 0 Å². The van der Waals surface area contributed by atoms with Gasteiger partial charge < -0.3 is 10.3 Å². The normalized spacial score (nSPS) is 16.3. The van der Waals surface area contributed by atoms with Crippen LogP contribution in [0.4, 0.5) is 0 Å². The van der Waals surface area contributed by atoms with E-state index < -0.39 is 5.92 Å². The van der Waals surface area contributed by atoms with Gasteiger partial charge in [0.15, 0.2) is 10.9 Å². The van der Waals surface area contributed by atoms with Crippen molar-refractivity contribution in [3.05, 3.63) is 30.8 Å². The minimum Gasteiger partial charge on any atom is -0.401 e. The highest BCUT2D eigenvalue weighted by Gasteiger charge is 2.24. The van der Waals surface area contributed by atoms with E-state index in [-0.39, 0.29) is 17.2 Å². The van der Waals surface area contributed by atoms with Crippen LogP contribution in [0.2, 0.25) is 0 Å². The highest BCUT2D eigenvalue weighted by molar-refractivity contribution is 7.99.